The fourth-order valence-electron chi connectivity index (χ4n) is 4.41. The number of aryl methyl sites for hydroxylation is 1. The minimum absolute atomic E-state index is 0.0921. The number of hydrogen-bond donors (Lipinski definition) is 0. The van der Waals surface area contributed by atoms with Crippen LogP contribution in [0.4, 0.5) is 0 Å². The number of carbonyl (C=O) groups is 2. The Labute approximate surface area is 201 Å². The maximum atomic E-state index is 12.8. The Morgan fingerprint density at radius 2 is 1.65 bits per heavy atom. The molecule has 0 aliphatic carbocycles. The second-order valence-electron chi connectivity index (χ2n) is 9.06. The van der Waals surface area contributed by atoms with Crippen LogP contribution in [-0.2, 0) is 22.6 Å². The number of amides is 2. The van der Waals surface area contributed by atoms with E-state index in [4.69, 9.17) is 4.74 Å². The van der Waals surface area contributed by atoms with Gasteiger partial charge in [0, 0.05) is 39.8 Å². The van der Waals surface area contributed by atoms with Crippen LogP contribution >= 0.6 is 0 Å². The van der Waals surface area contributed by atoms with Crippen LogP contribution in [0, 0.1) is 6.92 Å². The Morgan fingerprint density at radius 3 is 2.38 bits per heavy atom. The van der Waals surface area contributed by atoms with E-state index >= 15 is 0 Å². The third-order valence-electron chi connectivity index (χ3n) is 6.64. The number of rotatable bonds is 7. The molecule has 178 valence electrons. The second-order valence-corrected chi connectivity index (χ2v) is 9.06. The molecular weight excluding hydrogens is 426 g/mol. The first-order valence-corrected chi connectivity index (χ1v) is 11.8. The predicted octanol–water partition coefficient (Wildman–Crippen LogP) is 3.50. The molecule has 1 saturated heterocycles. The Kier molecular flexibility index (Phi) is 7.48. The lowest BCUT2D eigenvalue weighted by Crippen LogP contribution is -2.51. The normalized spacial score (nSPS) is 14.3. The van der Waals surface area contributed by atoms with Crippen LogP contribution in [-0.4, -0.2) is 73.4 Å². The van der Waals surface area contributed by atoms with Crippen molar-refractivity contribution in [3.63, 3.8) is 0 Å². The van der Waals surface area contributed by atoms with Gasteiger partial charge in [0.25, 0.3) is 0 Å². The van der Waals surface area contributed by atoms with E-state index in [0.717, 1.165) is 46.3 Å². The lowest BCUT2D eigenvalue weighted by molar-refractivity contribution is -0.134. The summed E-state index contributed by atoms with van der Waals surface area (Å²) in [4.78, 5) is 31.4. The van der Waals surface area contributed by atoms with Gasteiger partial charge in [0.2, 0.25) is 11.8 Å². The number of ether oxygens (including phenoxy) is 1. The van der Waals surface area contributed by atoms with Crippen LogP contribution in [0.15, 0.2) is 60.7 Å². The van der Waals surface area contributed by atoms with Crippen molar-refractivity contribution in [3.05, 3.63) is 77.4 Å². The van der Waals surface area contributed by atoms with Crippen molar-refractivity contribution < 1.29 is 14.3 Å². The summed E-state index contributed by atoms with van der Waals surface area (Å²) in [6.07, 6.45) is 0.437. The molecule has 0 spiro atoms. The molecule has 0 aromatic heterocycles. The molecule has 6 nitrogen and oxygen atoms in total. The molecule has 3 aromatic carbocycles. The highest BCUT2D eigenvalue weighted by atomic mass is 16.5. The van der Waals surface area contributed by atoms with Crippen molar-refractivity contribution in [1.82, 2.24) is 14.7 Å². The number of hydrogen-bond acceptors (Lipinski definition) is 4. The van der Waals surface area contributed by atoms with Crippen LogP contribution in [0.25, 0.3) is 10.8 Å². The Hall–Kier alpha value is -3.38. The van der Waals surface area contributed by atoms with Crippen molar-refractivity contribution in [2.24, 2.45) is 0 Å². The number of benzene rings is 3. The zero-order chi connectivity index (χ0) is 24.1. The third kappa shape index (κ3) is 5.75. The highest BCUT2D eigenvalue weighted by Crippen LogP contribution is 2.22. The summed E-state index contributed by atoms with van der Waals surface area (Å²) >= 11 is 0. The van der Waals surface area contributed by atoms with Gasteiger partial charge in [0.1, 0.15) is 5.75 Å². The van der Waals surface area contributed by atoms with Gasteiger partial charge in [-0.2, -0.15) is 0 Å². The van der Waals surface area contributed by atoms with Gasteiger partial charge >= 0.3 is 0 Å². The molecule has 4 rings (SSSR count). The first-order valence-electron chi connectivity index (χ1n) is 11.8. The van der Waals surface area contributed by atoms with Crippen molar-refractivity contribution in [1.29, 1.82) is 0 Å². The minimum atomic E-state index is 0.0921. The minimum Gasteiger partial charge on any atom is -0.497 e. The van der Waals surface area contributed by atoms with Crippen molar-refractivity contribution >= 4 is 22.6 Å². The molecule has 0 unspecified atom stereocenters. The molecule has 1 aliphatic heterocycles. The van der Waals surface area contributed by atoms with Gasteiger partial charge < -0.3 is 14.5 Å². The number of likely N-dealkylation sites (N-methyl/N-ethyl adjacent to an activating group) is 1. The zero-order valence-corrected chi connectivity index (χ0v) is 20.3. The molecule has 0 bridgehead atoms. The fourth-order valence-corrected chi connectivity index (χ4v) is 4.41. The van der Waals surface area contributed by atoms with Gasteiger partial charge in [-0.05, 0) is 52.6 Å². The van der Waals surface area contributed by atoms with E-state index in [1.165, 1.54) is 0 Å². The lowest BCUT2D eigenvalue weighted by Gasteiger charge is -2.35. The van der Waals surface area contributed by atoms with Gasteiger partial charge in [-0.15, -0.1) is 0 Å². The van der Waals surface area contributed by atoms with E-state index in [2.05, 4.69) is 23.1 Å². The monoisotopic (exact) mass is 459 g/mol. The van der Waals surface area contributed by atoms with E-state index in [-0.39, 0.29) is 11.8 Å². The smallest absolute Gasteiger partial charge is 0.236 e. The van der Waals surface area contributed by atoms with E-state index in [0.29, 0.717) is 32.6 Å². The molecule has 6 heteroatoms. The Balaban J connectivity index is 1.26. The summed E-state index contributed by atoms with van der Waals surface area (Å²) in [7, 11) is 3.52. The lowest BCUT2D eigenvalue weighted by atomic mass is 10.1. The summed E-state index contributed by atoms with van der Waals surface area (Å²) in [5.41, 5.74) is 3.33. The molecule has 34 heavy (non-hydrogen) atoms. The molecule has 0 radical (unpaired) electrons. The Bertz CT molecular complexity index is 1170. The average Bonchev–Trinajstić information content (AvgIpc) is 2.85. The van der Waals surface area contributed by atoms with Crippen LogP contribution in [0.1, 0.15) is 16.7 Å². The number of nitrogens with zero attached hydrogens (tertiary/aromatic N) is 3. The van der Waals surface area contributed by atoms with Crippen molar-refractivity contribution in [2.75, 3.05) is 46.9 Å². The van der Waals surface area contributed by atoms with E-state index in [1.54, 1.807) is 12.0 Å². The number of methoxy groups -OCH3 is 1. The second kappa shape index (κ2) is 10.7. The molecular formula is C28H33N3O3. The van der Waals surface area contributed by atoms with E-state index in [9.17, 15) is 9.59 Å². The molecule has 1 heterocycles. The van der Waals surface area contributed by atoms with Gasteiger partial charge in [-0.1, -0.05) is 42.5 Å². The Morgan fingerprint density at radius 1 is 0.941 bits per heavy atom. The first kappa shape index (κ1) is 23.8. The largest absolute Gasteiger partial charge is 0.497 e. The van der Waals surface area contributed by atoms with Crippen molar-refractivity contribution in [2.45, 2.75) is 19.9 Å². The van der Waals surface area contributed by atoms with Gasteiger partial charge in [0.05, 0.1) is 20.1 Å². The summed E-state index contributed by atoms with van der Waals surface area (Å²) in [5, 5.41) is 2.25. The summed E-state index contributed by atoms with van der Waals surface area (Å²) < 4.78 is 5.29. The van der Waals surface area contributed by atoms with E-state index in [1.807, 2.05) is 61.3 Å². The summed E-state index contributed by atoms with van der Waals surface area (Å²) in [5.74, 6) is 1.09. The highest BCUT2D eigenvalue weighted by Gasteiger charge is 2.23. The van der Waals surface area contributed by atoms with Crippen LogP contribution in [0.2, 0.25) is 0 Å². The number of fused-ring (bicyclic) bond motifs is 1. The maximum Gasteiger partial charge on any atom is 0.236 e. The van der Waals surface area contributed by atoms with Crippen LogP contribution in [0.3, 0.4) is 0 Å². The molecule has 1 aliphatic rings. The van der Waals surface area contributed by atoms with Crippen molar-refractivity contribution in [3.8, 4) is 5.75 Å². The molecule has 0 saturated carbocycles. The quantitative estimate of drug-likeness (QED) is 0.543. The molecule has 1 fully saturated rings. The number of piperazine rings is 1. The fraction of sp³-hybridized carbons (Fsp3) is 0.357. The average molecular weight is 460 g/mol. The highest BCUT2D eigenvalue weighted by molar-refractivity contribution is 5.85. The SMILES string of the molecule is COc1ccc2cc(CN(C)C(=O)CN3CCN(C(=O)Cc4ccccc4C)CC3)ccc2c1. The standard InChI is InChI=1S/C28H33N3O3/c1-21-6-4-5-7-23(21)18-27(32)31-14-12-30(13-15-31)20-28(33)29(2)19-22-8-9-25-17-26(34-3)11-10-24(25)16-22/h4-11,16-17H,12-15,18-20H2,1-3H3. The molecule has 3 aromatic rings. The summed E-state index contributed by atoms with van der Waals surface area (Å²) in [6, 6.07) is 20.3. The predicted molar refractivity (Wildman–Crippen MR) is 135 cm³/mol. The van der Waals surface area contributed by atoms with Gasteiger partial charge in [0.15, 0.2) is 0 Å². The van der Waals surface area contributed by atoms with Crippen LogP contribution < -0.4 is 4.74 Å². The first-order chi connectivity index (χ1) is 16.4. The van der Waals surface area contributed by atoms with Gasteiger partial charge in [-0.3, -0.25) is 14.5 Å². The molecule has 0 atom stereocenters. The van der Waals surface area contributed by atoms with E-state index < -0.39 is 0 Å². The summed E-state index contributed by atoms with van der Waals surface area (Å²) in [6.45, 7) is 5.74. The van der Waals surface area contributed by atoms with Gasteiger partial charge in [-0.25, -0.2) is 0 Å². The molecule has 0 N–H and O–H groups in total. The zero-order valence-electron chi connectivity index (χ0n) is 20.3. The maximum absolute atomic E-state index is 12.8. The number of carbonyl (C=O) groups excluding carboxylic acids is 2. The topological polar surface area (TPSA) is 53.1 Å². The third-order valence-corrected chi connectivity index (χ3v) is 6.64. The van der Waals surface area contributed by atoms with Crippen LogP contribution in [0.5, 0.6) is 5.75 Å². The molecule has 2 amide bonds.